The van der Waals surface area contributed by atoms with Gasteiger partial charge < -0.3 is 20.4 Å². The molecule has 0 radical (unpaired) electrons. The minimum atomic E-state index is 0.123. The van der Waals surface area contributed by atoms with Crippen LogP contribution in [0.25, 0.3) is 10.9 Å². The number of aromatic nitrogens is 2. The van der Waals surface area contributed by atoms with Crippen molar-refractivity contribution >= 4 is 16.9 Å². The summed E-state index contributed by atoms with van der Waals surface area (Å²) in [4.78, 5) is 12.3. The number of benzene rings is 1. The normalized spacial score (nSPS) is 11.8. The minimum absolute atomic E-state index is 0.123. The molecule has 0 unspecified atom stereocenters. The summed E-state index contributed by atoms with van der Waals surface area (Å²) in [5, 5.41) is 7.98. The lowest BCUT2D eigenvalue weighted by Gasteiger charge is -2.11. The molecule has 28 heavy (non-hydrogen) atoms. The Morgan fingerprint density at radius 1 is 1.18 bits per heavy atom. The lowest BCUT2D eigenvalue weighted by atomic mass is 10.1. The minimum Gasteiger partial charge on any atom is -0.475 e. The van der Waals surface area contributed by atoms with Crippen molar-refractivity contribution in [3.8, 4) is 5.88 Å². The molecule has 2 aromatic heterocycles. The van der Waals surface area contributed by atoms with Crippen LogP contribution in [-0.4, -0.2) is 35.1 Å². The Morgan fingerprint density at radius 3 is 2.79 bits per heavy atom. The van der Waals surface area contributed by atoms with Crippen molar-refractivity contribution in [2.75, 3.05) is 13.1 Å². The second kappa shape index (κ2) is 9.78. The van der Waals surface area contributed by atoms with E-state index < -0.39 is 0 Å². The van der Waals surface area contributed by atoms with E-state index in [1.165, 1.54) is 16.5 Å². The van der Waals surface area contributed by atoms with Gasteiger partial charge in [0.05, 0.1) is 12.6 Å². The number of fused-ring (bicyclic) bond motifs is 1. The molecule has 3 rings (SSSR count). The number of para-hydroxylation sites is 1. The summed E-state index contributed by atoms with van der Waals surface area (Å²) >= 11 is 0. The Balaban J connectivity index is 1.55. The van der Waals surface area contributed by atoms with Gasteiger partial charge in [0.25, 0.3) is 0 Å². The van der Waals surface area contributed by atoms with Crippen molar-refractivity contribution < 1.29 is 4.74 Å². The van der Waals surface area contributed by atoms with Gasteiger partial charge >= 0.3 is 0 Å². The van der Waals surface area contributed by atoms with Crippen molar-refractivity contribution in [2.45, 2.75) is 39.8 Å². The number of rotatable bonds is 8. The van der Waals surface area contributed by atoms with E-state index in [2.05, 4.69) is 56.9 Å². The highest BCUT2D eigenvalue weighted by atomic mass is 16.5. The standard InChI is InChI=1S/C22H29N5O/c1-4-23-22(27-14-17-9-10-21(26-13-17)28-16(2)3)24-12-11-18-15-25-20-8-6-5-7-19(18)20/h5-10,13,15-16,25H,4,11-12,14H2,1-3H3,(H2,23,24,27). The highest BCUT2D eigenvalue weighted by Crippen LogP contribution is 2.17. The molecule has 1 aromatic carbocycles. The lowest BCUT2D eigenvalue weighted by Crippen LogP contribution is -2.38. The van der Waals surface area contributed by atoms with Crippen LogP contribution in [-0.2, 0) is 13.0 Å². The Kier molecular flexibility index (Phi) is 6.89. The predicted octanol–water partition coefficient (Wildman–Crippen LogP) is 3.65. The summed E-state index contributed by atoms with van der Waals surface area (Å²) in [5.41, 5.74) is 3.53. The molecule has 0 amide bonds. The smallest absolute Gasteiger partial charge is 0.213 e. The molecular formula is C22H29N5O. The van der Waals surface area contributed by atoms with E-state index in [-0.39, 0.29) is 6.10 Å². The van der Waals surface area contributed by atoms with Crippen molar-refractivity contribution in [1.82, 2.24) is 20.6 Å². The number of aliphatic imine (C=N–C) groups is 1. The molecule has 0 saturated carbocycles. The number of hydrogen-bond donors (Lipinski definition) is 3. The van der Waals surface area contributed by atoms with Gasteiger partial charge in [0.15, 0.2) is 5.96 Å². The predicted molar refractivity (Wildman–Crippen MR) is 115 cm³/mol. The number of hydrogen-bond acceptors (Lipinski definition) is 3. The molecule has 0 aliphatic rings. The summed E-state index contributed by atoms with van der Waals surface area (Å²) < 4.78 is 5.58. The molecule has 6 heteroatoms. The van der Waals surface area contributed by atoms with Crippen LogP contribution in [0.3, 0.4) is 0 Å². The van der Waals surface area contributed by atoms with Crippen LogP contribution >= 0.6 is 0 Å². The number of ether oxygens (including phenoxy) is 1. The molecule has 0 aliphatic carbocycles. The van der Waals surface area contributed by atoms with Crippen molar-refractivity contribution in [3.63, 3.8) is 0 Å². The highest BCUT2D eigenvalue weighted by molar-refractivity contribution is 5.83. The van der Waals surface area contributed by atoms with Gasteiger partial charge in [0, 0.05) is 42.5 Å². The van der Waals surface area contributed by atoms with Crippen LogP contribution in [0, 0.1) is 0 Å². The fraction of sp³-hybridized carbons (Fsp3) is 0.364. The van der Waals surface area contributed by atoms with Gasteiger partial charge in [-0.05, 0) is 44.4 Å². The number of pyridine rings is 1. The Bertz CT molecular complexity index is 899. The topological polar surface area (TPSA) is 74.3 Å². The Morgan fingerprint density at radius 2 is 2.04 bits per heavy atom. The first kappa shape index (κ1) is 19.7. The molecular weight excluding hydrogens is 350 g/mol. The molecule has 0 fully saturated rings. The first-order valence-corrected chi connectivity index (χ1v) is 9.84. The van der Waals surface area contributed by atoms with E-state index in [0.717, 1.165) is 31.0 Å². The van der Waals surface area contributed by atoms with Crippen molar-refractivity contribution in [3.05, 3.63) is 59.9 Å². The van der Waals surface area contributed by atoms with E-state index in [9.17, 15) is 0 Å². The van der Waals surface area contributed by atoms with E-state index in [1.807, 2.05) is 38.2 Å². The number of H-pyrrole nitrogens is 1. The number of aromatic amines is 1. The highest BCUT2D eigenvalue weighted by Gasteiger charge is 2.04. The molecule has 0 atom stereocenters. The van der Waals surface area contributed by atoms with Crippen LogP contribution in [0.15, 0.2) is 53.8 Å². The average molecular weight is 380 g/mol. The number of nitrogens with zero attached hydrogens (tertiary/aromatic N) is 2. The molecule has 148 valence electrons. The molecule has 6 nitrogen and oxygen atoms in total. The first-order chi connectivity index (χ1) is 13.7. The maximum atomic E-state index is 5.58. The van der Waals surface area contributed by atoms with Crippen LogP contribution in [0.5, 0.6) is 5.88 Å². The number of nitrogens with one attached hydrogen (secondary N) is 3. The molecule has 3 aromatic rings. The second-order valence-corrected chi connectivity index (χ2v) is 6.90. The fourth-order valence-electron chi connectivity index (χ4n) is 2.98. The lowest BCUT2D eigenvalue weighted by molar-refractivity contribution is 0.232. The number of guanidine groups is 1. The molecule has 0 spiro atoms. The van der Waals surface area contributed by atoms with Gasteiger partial charge in [-0.2, -0.15) is 0 Å². The quantitative estimate of drug-likeness (QED) is 0.413. The largest absolute Gasteiger partial charge is 0.475 e. The third-order valence-electron chi connectivity index (χ3n) is 4.28. The van der Waals surface area contributed by atoms with Gasteiger partial charge in [0.1, 0.15) is 0 Å². The van der Waals surface area contributed by atoms with Crippen LogP contribution in [0.1, 0.15) is 31.9 Å². The van der Waals surface area contributed by atoms with Gasteiger partial charge in [0.2, 0.25) is 5.88 Å². The molecule has 3 N–H and O–H groups in total. The van der Waals surface area contributed by atoms with Gasteiger partial charge in [-0.15, -0.1) is 0 Å². The van der Waals surface area contributed by atoms with Crippen LogP contribution in [0.2, 0.25) is 0 Å². The van der Waals surface area contributed by atoms with Gasteiger partial charge in [-0.3, -0.25) is 0 Å². The Labute approximate surface area is 166 Å². The van der Waals surface area contributed by atoms with E-state index >= 15 is 0 Å². The molecule has 0 aliphatic heterocycles. The zero-order chi connectivity index (χ0) is 19.8. The summed E-state index contributed by atoms with van der Waals surface area (Å²) in [6.07, 6.45) is 4.95. The SMILES string of the molecule is CCNC(=NCc1ccc(OC(C)C)nc1)NCCc1c[nH]c2ccccc12. The van der Waals surface area contributed by atoms with Crippen LogP contribution < -0.4 is 15.4 Å². The monoisotopic (exact) mass is 379 g/mol. The summed E-state index contributed by atoms with van der Waals surface area (Å²) in [5.74, 6) is 1.45. The summed E-state index contributed by atoms with van der Waals surface area (Å²) in [6.45, 7) is 8.24. The fourth-order valence-corrected chi connectivity index (χ4v) is 2.98. The van der Waals surface area contributed by atoms with Crippen molar-refractivity contribution in [1.29, 1.82) is 0 Å². The van der Waals surface area contributed by atoms with E-state index in [4.69, 9.17) is 4.74 Å². The zero-order valence-corrected chi connectivity index (χ0v) is 16.8. The van der Waals surface area contributed by atoms with Gasteiger partial charge in [-0.25, -0.2) is 9.98 Å². The molecule has 0 bridgehead atoms. The zero-order valence-electron chi connectivity index (χ0n) is 16.8. The summed E-state index contributed by atoms with van der Waals surface area (Å²) in [6, 6.07) is 12.3. The average Bonchev–Trinajstić information content (AvgIpc) is 3.10. The Hall–Kier alpha value is -3.02. The van der Waals surface area contributed by atoms with Crippen LogP contribution in [0.4, 0.5) is 0 Å². The third-order valence-corrected chi connectivity index (χ3v) is 4.28. The van der Waals surface area contributed by atoms with Crippen molar-refractivity contribution in [2.24, 2.45) is 4.99 Å². The first-order valence-electron chi connectivity index (χ1n) is 9.84. The summed E-state index contributed by atoms with van der Waals surface area (Å²) in [7, 11) is 0. The van der Waals surface area contributed by atoms with Gasteiger partial charge in [-0.1, -0.05) is 24.3 Å². The van der Waals surface area contributed by atoms with E-state index in [0.29, 0.717) is 12.4 Å². The third kappa shape index (κ3) is 5.49. The van der Waals surface area contributed by atoms with E-state index in [1.54, 1.807) is 0 Å². The maximum Gasteiger partial charge on any atom is 0.213 e. The molecule has 0 saturated heterocycles. The second-order valence-electron chi connectivity index (χ2n) is 6.90. The maximum absolute atomic E-state index is 5.58. The molecule has 2 heterocycles.